The second kappa shape index (κ2) is 8.75. The van der Waals surface area contributed by atoms with Crippen LogP contribution >= 0.6 is 0 Å². The van der Waals surface area contributed by atoms with Gasteiger partial charge in [0.15, 0.2) is 0 Å². The van der Waals surface area contributed by atoms with Gasteiger partial charge in [0.2, 0.25) is 10.0 Å². The fourth-order valence-corrected chi connectivity index (χ4v) is 5.07. The molecule has 0 radical (unpaired) electrons. The van der Waals surface area contributed by atoms with Crippen molar-refractivity contribution in [2.75, 3.05) is 0 Å². The molecule has 0 saturated heterocycles. The molecule has 9 heteroatoms. The maximum Gasteiger partial charge on any atom is 0.387 e. The van der Waals surface area contributed by atoms with Crippen LogP contribution in [0.25, 0.3) is 22.3 Å². The lowest BCUT2D eigenvalue weighted by Crippen LogP contribution is -2.17. The number of halogens is 3. The van der Waals surface area contributed by atoms with E-state index in [1.165, 1.54) is 30.3 Å². The molecule has 1 heterocycles. The zero-order chi connectivity index (χ0) is 24.7. The lowest BCUT2D eigenvalue weighted by molar-refractivity contribution is -0.0496. The Bertz CT molecular complexity index is 1540. The van der Waals surface area contributed by atoms with E-state index in [-0.39, 0.29) is 10.6 Å². The van der Waals surface area contributed by atoms with Gasteiger partial charge < -0.3 is 9.47 Å². The normalized spacial score (nSPS) is 14.7. The molecule has 0 saturated carbocycles. The summed E-state index contributed by atoms with van der Waals surface area (Å²) < 4.78 is 75.6. The van der Waals surface area contributed by atoms with Crippen LogP contribution in [0.15, 0.2) is 89.8 Å². The van der Waals surface area contributed by atoms with Crippen LogP contribution in [0.3, 0.4) is 0 Å². The van der Waals surface area contributed by atoms with Crippen molar-refractivity contribution in [1.29, 1.82) is 0 Å². The molecule has 0 bridgehead atoms. The summed E-state index contributed by atoms with van der Waals surface area (Å²) >= 11 is 0. The quantitative estimate of drug-likeness (QED) is 0.373. The van der Waals surface area contributed by atoms with Crippen molar-refractivity contribution in [2.45, 2.75) is 17.6 Å². The first kappa shape index (κ1) is 22.9. The van der Waals surface area contributed by atoms with Gasteiger partial charge in [0.05, 0.1) is 10.5 Å². The van der Waals surface area contributed by atoms with E-state index >= 15 is 0 Å². The standard InChI is InChI=1S/C26H18F3NO4S/c27-17-6-3-5-16(13-17)25-20-14-15(18-7-1-2-10-23(18)35(30,31)32)11-12-19(20)24-21(33-25)8-4-9-22(24)34-26(28)29/h1-14,25-26H,(H2,30,31,32). The first-order valence-electron chi connectivity index (χ1n) is 10.5. The molecule has 1 aliphatic rings. The third kappa shape index (κ3) is 4.36. The van der Waals surface area contributed by atoms with Crippen molar-refractivity contribution < 1.29 is 31.1 Å². The molecule has 4 aromatic rings. The van der Waals surface area contributed by atoms with Gasteiger partial charge in [0.1, 0.15) is 23.4 Å². The second-order valence-electron chi connectivity index (χ2n) is 7.90. The fraction of sp³-hybridized carbons (Fsp3) is 0.0769. The molecule has 178 valence electrons. The van der Waals surface area contributed by atoms with E-state index < -0.39 is 28.6 Å². The van der Waals surface area contributed by atoms with Crippen LogP contribution in [0.4, 0.5) is 13.2 Å². The fourth-order valence-electron chi connectivity index (χ4n) is 4.30. The number of hydrogen-bond acceptors (Lipinski definition) is 4. The average molecular weight is 497 g/mol. The van der Waals surface area contributed by atoms with Gasteiger partial charge in [-0.25, -0.2) is 17.9 Å². The van der Waals surface area contributed by atoms with Crippen molar-refractivity contribution in [3.8, 4) is 33.8 Å². The van der Waals surface area contributed by atoms with Crippen molar-refractivity contribution in [2.24, 2.45) is 5.14 Å². The highest BCUT2D eigenvalue weighted by Gasteiger charge is 2.31. The SMILES string of the molecule is NS(=O)(=O)c1ccccc1-c1ccc2c(c1)C(c1cccc(F)c1)Oc1cccc(OC(F)F)c1-2. The monoisotopic (exact) mass is 497 g/mol. The topological polar surface area (TPSA) is 78.6 Å². The van der Waals surface area contributed by atoms with Crippen molar-refractivity contribution in [1.82, 2.24) is 0 Å². The van der Waals surface area contributed by atoms with Gasteiger partial charge in [-0.05, 0) is 53.1 Å². The smallest absolute Gasteiger partial charge is 0.387 e. The maximum atomic E-state index is 14.1. The van der Waals surface area contributed by atoms with Crippen LogP contribution in [-0.4, -0.2) is 15.0 Å². The Labute approximate surface area is 199 Å². The molecule has 0 aliphatic carbocycles. The van der Waals surface area contributed by atoms with Gasteiger partial charge >= 0.3 is 6.61 Å². The summed E-state index contributed by atoms with van der Waals surface area (Å²) in [6, 6.07) is 21.7. The minimum Gasteiger partial charge on any atom is -0.480 e. The van der Waals surface area contributed by atoms with Gasteiger partial charge in [-0.2, -0.15) is 8.78 Å². The average Bonchev–Trinajstić information content (AvgIpc) is 2.82. The largest absolute Gasteiger partial charge is 0.480 e. The van der Waals surface area contributed by atoms with Crippen molar-refractivity contribution in [3.63, 3.8) is 0 Å². The molecule has 4 aromatic carbocycles. The van der Waals surface area contributed by atoms with E-state index in [4.69, 9.17) is 14.6 Å². The van der Waals surface area contributed by atoms with E-state index in [1.54, 1.807) is 54.6 Å². The first-order chi connectivity index (χ1) is 16.7. The number of ether oxygens (including phenoxy) is 2. The van der Waals surface area contributed by atoms with E-state index in [2.05, 4.69) is 0 Å². The molecule has 0 aromatic heterocycles. The third-order valence-corrected chi connectivity index (χ3v) is 6.68. The van der Waals surface area contributed by atoms with Gasteiger partial charge in [-0.3, -0.25) is 0 Å². The molecule has 1 unspecified atom stereocenters. The third-order valence-electron chi connectivity index (χ3n) is 5.71. The predicted molar refractivity (Wildman–Crippen MR) is 124 cm³/mol. The number of rotatable bonds is 5. The minimum absolute atomic E-state index is 0.0684. The summed E-state index contributed by atoms with van der Waals surface area (Å²) in [5, 5.41) is 5.42. The molecule has 0 amide bonds. The molecular formula is C26H18F3NO4S. The Hall–Kier alpha value is -3.82. The van der Waals surface area contributed by atoms with Crippen molar-refractivity contribution >= 4 is 10.0 Å². The Balaban J connectivity index is 1.76. The predicted octanol–water partition coefficient (Wildman–Crippen LogP) is 5.89. The molecular weight excluding hydrogens is 479 g/mol. The summed E-state index contributed by atoms with van der Waals surface area (Å²) in [5.74, 6) is -0.249. The number of benzene rings is 4. The van der Waals surface area contributed by atoms with Crippen LogP contribution in [0.1, 0.15) is 17.2 Å². The highest BCUT2D eigenvalue weighted by molar-refractivity contribution is 7.89. The maximum absolute atomic E-state index is 14.1. The Kier molecular flexibility index (Phi) is 5.74. The number of hydrogen-bond donors (Lipinski definition) is 1. The van der Waals surface area contributed by atoms with Crippen LogP contribution in [0.5, 0.6) is 11.5 Å². The van der Waals surface area contributed by atoms with Crippen molar-refractivity contribution in [3.05, 3.63) is 102 Å². The van der Waals surface area contributed by atoms with Crippen LogP contribution in [0, 0.1) is 5.82 Å². The number of alkyl halides is 2. The molecule has 1 aliphatic heterocycles. The minimum atomic E-state index is -4.03. The highest BCUT2D eigenvalue weighted by atomic mass is 32.2. The van der Waals surface area contributed by atoms with E-state index in [0.717, 1.165) is 0 Å². The number of sulfonamides is 1. The Morgan fingerprint density at radius 1 is 0.886 bits per heavy atom. The Morgan fingerprint density at radius 3 is 2.40 bits per heavy atom. The summed E-state index contributed by atoms with van der Waals surface area (Å²) in [6.45, 7) is -3.05. The van der Waals surface area contributed by atoms with Crippen LogP contribution in [-0.2, 0) is 10.0 Å². The number of primary sulfonamides is 1. The van der Waals surface area contributed by atoms with E-state index in [9.17, 15) is 21.6 Å². The van der Waals surface area contributed by atoms with Crippen LogP contribution in [0.2, 0.25) is 0 Å². The summed E-state index contributed by atoms with van der Waals surface area (Å²) in [7, 11) is -4.03. The highest BCUT2D eigenvalue weighted by Crippen LogP contribution is 2.50. The Morgan fingerprint density at radius 2 is 1.66 bits per heavy atom. The molecule has 2 N–H and O–H groups in total. The van der Waals surface area contributed by atoms with E-state index in [0.29, 0.717) is 39.1 Å². The molecule has 0 spiro atoms. The van der Waals surface area contributed by atoms with Gasteiger partial charge in [-0.15, -0.1) is 0 Å². The lowest BCUT2D eigenvalue weighted by Gasteiger charge is -2.31. The first-order valence-corrected chi connectivity index (χ1v) is 12.0. The summed E-state index contributed by atoms with van der Waals surface area (Å²) in [6.07, 6.45) is -0.795. The zero-order valence-corrected chi connectivity index (χ0v) is 18.8. The summed E-state index contributed by atoms with van der Waals surface area (Å²) in [5.41, 5.74) is 2.74. The molecule has 35 heavy (non-hydrogen) atoms. The molecule has 5 rings (SSSR count). The van der Waals surface area contributed by atoms with Gasteiger partial charge in [0, 0.05) is 11.1 Å². The second-order valence-corrected chi connectivity index (χ2v) is 9.43. The number of nitrogens with two attached hydrogens (primary N) is 1. The van der Waals surface area contributed by atoms with Gasteiger partial charge in [0.25, 0.3) is 0 Å². The van der Waals surface area contributed by atoms with Gasteiger partial charge in [-0.1, -0.05) is 48.5 Å². The zero-order valence-electron chi connectivity index (χ0n) is 18.0. The molecule has 1 atom stereocenters. The molecule has 5 nitrogen and oxygen atoms in total. The van der Waals surface area contributed by atoms with Crippen LogP contribution < -0.4 is 14.6 Å². The van der Waals surface area contributed by atoms with E-state index in [1.807, 2.05) is 0 Å². The molecule has 0 fully saturated rings. The lowest BCUT2D eigenvalue weighted by atomic mass is 9.87. The number of fused-ring (bicyclic) bond motifs is 3. The summed E-state index contributed by atoms with van der Waals surface area (Å²) in [4.78, 5) is -0.0684.